The minimum Gasteiger partial charge on any atom is -0.296 e. The molecule has 0 bridgehead atoms. The van der Waals surface area contributed by atoms with E-state index in [-0.39, 0.29) is 5.82 Å². The van der Waals surface area contributed by atoms with Crippen molar-refractivity contribution in [1.29, 1.82) is 0 Å². The molecule has 0 N–H and O–H groups in total. The summed E-state index contributed by atoms with van der Waals surface area (Å²) in [5.74, 6) is -0.144. The Labute approximate surface area is 268 Å². The summed E-state index contributed by atoms with van der Waals surface area (Å²) in [7, 11) is 0. The number of hydrogen-bond acceptors (Lipinski definition) is 1. The quantitative estimate of drug-likeness (QED) is 0.150. The normalized spacial score (nSPS) is 14.0. The smallest absolute Gasteiger partial charge is 0.114 e. The van der Waals surface area contributed by atoms with Crippen LogP contribution in [0, 0.1) is 0 Å². The highest BCUT2D eigenvalue weighted by atomic mass is 15.1. The highest BCUT2D eigenvalue weighted by Gasteiger charge is 2.19. The van der Waals surface area contributed by atoms with Gasteiger partial charge >= 0.3 is 0 Å². The number of nitrogens with zero attached hydrogens (tertiary/aromatic N) is 2. The molecule has 212 valence electrons. The lowest BCUT2D eigenvalue weighted by molar-refractivity contribution is 0.908. The van der Waals surface area contributed by atoms with Crippen molar-refractivity contribution >= 4 is 54.1 Å². The Balaban J connectivity index is 1.29. The molecule has 2 nitrogen and oxygen atoms in total. The first kappa shape index (κ1) is 21.1. The molecule has 9 aromatic rings. The average Bonchev–Trinajstić information content (AvgIpc) is 3.54. The van der Waals surface area contributed by atoms with Crippen molar-refractivity contribution in [2.75, 3.05) is 0 Å². The molecule has 1 aromatic heterocycles. The second kappa shape index (κ2) is 10.2. The Kier molecular flexibility index (Phi) is 4.76. The van der Waals surface area contributed by atoms with E-state index in [2.05, 4.69) is 108 Å². The molecule has 0 saturated carbocycles. The first-order valence-corrected chi connectivity index (χ1v) is 15.2. The summed E-state index contributed by atoms with van der Waals surface area (Å²) < 4.78 is 42.8. The predicted octanol–water partition coefficient (Wildman–Crippen LogP) is 11.5. The van der Waals surface area contributed by atoms with Crippen molar-refractivity contribution < 1.29 is 6.85 Å². The van der Waals surface area contributed by atoms with E-state index in [9.17, 15) is 0 Å². The lowest BCUT2D eigenvalue weighted by atomic mass is 9.84. The van der Waals surface area contributed by atoms with Gasteiger partial charge < -0.3 is 0 Å². The van der Waals surface area contributed by atoms with E-state index in [0.717, 1.165) is 32.7 Å². The molecule has 0 radical (unpaired) electrons. The molecular weight excluding hydrogens is 544 g/mol. The van der Waals surface area contributed by atoms with E-state index in [0.29, 0.717) is 16.7 Å². The Bertz CT molecular complexity index is 2720. The molecule has 2 heteroatoms. The van der Waals surface area contributed by atoms with Crippen LogP contribution in [0.1, 0.15) is 19.5 Å². The van der Waals surface area contributed by atoms with E-state index in [1.165, 1.54) is 32.7 Å². The van der Waals surface area contributed by atoms with Gasteiger partial charge in [-0.15, -0.1) is 0 Å². The minimum atomic E-state index is -2.90. The fraction of sp³-hybridized carbons (Fsp3) is 0.0465. The zero-order chi connectivity index (χ0) is 34.2. The summed E-state index contributed by atoms with van der Waals surface area (Å²) in [5, 5.41) is 9.42. The minimum absolute atomic E-state index is 0.144. The van der Waals surface area contributed by atoms with Crippen LogP contribution in [0.15, 0.2) is 152 Å². The van der Waals surface area contributed by atoms with Gasteiger partial charge in [0.05, 0.1) is 11.0 Å². The summed E-state index contributed by atoms with van der Waals surface area (Å²) in [6.07, 6.45) is -2.67. The van der Waals surface area contributed by atoms with Crippen LogP contribution in [-0.2, 0) is 6.37 Å². The summed E-state index contributed by atoms with van der Waals surface area (Å²) in [6.45, 7) is -2.90. The standard InChI is InChI=1S/C43H30N2/c1-2-41-44-39-21-11-12-22-40(39)45(41)30-25-23-28(24-26-30)42-34-17-7-9-19-36(34)43(37-20-10-8-18-35(37)42)38-27-29-13-3-4-14-31(29)32-15-5-6-16-33(32)38/h3-27H,2H2,1H3/i1D3,2D2. The zero-order valence-electron chi connectivity index (χ0n) is 29.3. The lowest BCUT2D eigenvalue weighted by Gasteiger charge is -2.20. The van der Waals surface area contributed by atoms with Crippen LogP contribution in [0.25, 0.3) is 82.1 Å². The number of aryl methyl sites for hydroxylation is 1. The summed E-state index contributed by atoms with van der Waals surface area (Å²) >= 11 is 0. The largest absolute Gasteiger partial charge is 0.296 e. The zero-order valence-corrected chi connectivity index (χ0v) is 24.3. The van der Waals surface area contributed by atoms with Gasteiger partial charge in [-0.3, -0.25) is 4.57 Å². The van der Waals surface area contributed by atoms with Crippen LogP contribution in [0.4, 0.5) is 0 Å². The van der Waals surface area contributed by atoms with Crippen LogP contribution in [0.3, 0.4) is 0 Å². The van der Waals surface area contributed by atoms with Crippen LogP contribution >= 0.6 is 0 Å². The fourth-order valence-electron chi connectivity index (χ4n) is 7.14. The van der Waals surface area contributed by atoms with Gasteiger partial charge in [-0.05, 0) is 95.7 Å². The molecule has 0 aliphatic carbocycles. The van der Waals surface area contributed by atoms with Gasteiger partial charge in [0.2, 0.25) is 0 Å². The van der Waals surface area contributed by atoms with Gasteiger partial charge in [0, 0.05) is 18.9 Å². The van der Waals surface area contributed by atoms with E-state index >= 15 is 0 Å². The monoisotopic (exact) mass is 579 g/mol. The highest BCUT2D eigenvalue weighted by Crippen LogP contribution is 2.46. The molecule has 0 unspecified atom stereocenters. The van der Waals surface area contributed by atoms with Gasteiger partial charge in [-0.2, -0.15) is 0 Å². The van der Waals surface area contributed by atoms with Crippen molar-refractivity contribution in [1.82, 2.24) is 9.55 Å². The van der Waals surface area contributed by atoms with Gasteiger partial charge in [-0.25, -0.2) is 4.98 Å². The van der Waals surface area contributed by atoms with Crippen molar-refractivity contribution in [2.24, 2.45) is 0 Å². The van der Waals surface area contributed by atoms with Crippen LogP contribution in [0.2, 0.25) is 0 Å². The molecular formula is C43H30N2. The number of fused-ring (bicyclic) bond motifs is 6. The molecule has 9 rings (SSSR count). The maximum Gasteiger partial charge on any atom is 0.114 e. The maximum absolute atomic E-state index is 8.61. The average molecular weight is 580 g/mol. The van der Waals surface area contributed by atoms with Crippen molar-refractivity contribution in [2.45, 2.75) is 13.2 Å². The van der Waals surface area contributed by atoms with E-state index < -0.39 is 13.2 Å². The molecule has 1 heterocycles. The third-order valence-corrected chi connectivity index (χ3v) is 9.06. The number of imidazole rings is 1. The SMILES string of the molecule is [2H]C([2H])([2H])C([2H])([2H])c1nc2ccccc2n1-c1ccc(-c2c3ccccc3c(-c3cc4ccccc4c4ccccc34)c3ccccc23)cc1. The molecule has 0 aliphatic rings. The number of para-hydroxylation sites is 2. The third kappa shape index (κ3) is 3.92. The van der Waals surface area contributed by atoms with Crippen molar-refractivity contribution in [3.8, 4) is 27.9 Å². The van der Waals surface area contributed by atoms with E-state index in [1.54, 1.807) is 10.6 Å². The second-order valence-corrected chi connectivity index (χ2v) is 11.5. The third-order valence-electron chi connectivity index (χ3n) is 9.06. The lowest BCUT2D eigenvalue weighted by Crippen LogP contribution is -2.00. The molecule has 0 spiro atoms. The second-order valence-electron chi connectivity index (χ2n) is 11.5. The first-order chi connectivity index (χ1) is 24.2. The number of rotatable bonds is 4. The Morgan fingerprint density at radius 1 is 0.556 bits per heavy atom. The van der Waals surface area contributed by atoms with E-state index in [1.807, 2.05) is 42.5 Å². The molecule has 0 saturated heterocycles. The van der Waals surface area contributed by atoms with Crippen LogP contribution < -0.4 is 0 Å². The summed E-state index contributed by atoms with van der Waals surface area (Å²) in [6, 6.07) is 51.9. The van der Waals surface area contributed by atoms with Crippen LogP contribution in [-0.4, -0.2) is 9.55 Å². The number of aromatic nitrogens is 2. The van der Waals surface area contributed by atoms with Gasteiger partial charge in [0.15, 0.2) is 0 Å². The Morgan fingerprint density at radius 3 is 1.80 bits per heavy atom. The first-order valence-electron chi connectivity index (χ1n) is 17.7. The molecule has 0 amide bonds. The fourth-order valence-corrected chi connectivity index (χ4v) is 7.14. The van der Waals surface area contributed by atoms with Crippen LogP contribution in [0.5, 0.6) is 0 Å². The molecule has 0 atom stereocenters. The maximum atomic E-state index is 8.61. The Hall–Kier alpha value is -5.73. The van der Waals surface area contributed by atoms with Crippen molar-refractivity contribution in [3.05, 3.63) is 157 Å². The topological polar surface area (TPSA) is 17.8 Å². The number of benzene rings is 8. The molecule has 8 aromatic carbocycles. The Morgan fingerprint density at radius 2 is 1.11 bits per heavy atom. The van der Waals surface area contributed by atoms with Gasteiger partial charge in [0.1, 0.15) is 5.82 Å². The van der Waals surface area contributed by atoms with Gasteiger partial charge in [0.25, 0.3) is 0 Å². The number of hydrogen-bond donors (Lipinski definition) is 0. The molecule has 45 heavy (non-hydrogen) atoms. The summed E-state index contributed by atoms with van der Waals surface area (Å²) in [5.41, 5.74) is 6.31. The predicted molar refractivity (Wildman–Crippen MR) is 191 cm³/mol. The highest BCUT2D eigenvalue weighted by molar-refractivity contribution is 6.25. The summed E-state index contributed by atoms with van der Waals surface area (Å²) in [4.78, 5) is 4.50. The van der Waals surface area contributed by atoms with E-state index in [4.69, 9.17) is 6.85 Å². The molecule has 0 fully saturated rings. The molecule has 0 aliphatic heterocycles. The van der Waals surface area contributed by atoms with Gasteiger partial charge in [-0.1, -0.05) is 128 Å². The van der Waals surface area contributed by atoms with Crippen molar-refractivity contribution in [3.63, 3.8) is 0 Å².